The van der Waals surface area contributed by atoms with Crippen molar-refractivity contribution in [2.24, 2.45) is 11.7 Å². The van der Waals surface area contributed by atoms with Crippen molar-refractivity contribution in [3.8, 4) is 11.8 Å². The molecule has 2 fully saturated rings. The van der Waals surface area contributed by atoms with Crippen LogP contribution in [0.3, 0.4) is 0 Å². The topological polar surface area (TPSA) is 46.3 Å². The monoisotopic (exact) mass is 272 g/mol. The minimum atomic E-state index is -0.457. The van der Waals surface area contributed by atoms with E-state index in [0.717, 1.165) is 19.4 Å². The van der Waals surface area contributed by atoms with Crippen LogP contribution in [0, 0.1) is 23.6 Å². The minimum absolute atomic E-state index is 0.0607. The van der Waals surface area contributed by atoms with Gasteiger partial charge in [-0.05, 0) is 43.4 Å². The third-order valence-electron chi connectivity index (χ3n) is 4.21. The standard InChI is InChI=1S/C16H17FN2O/c17-15-9-13(5-4-12(15)2-1-7-18)16(20)19-10-11-3-6-14(19)8-11/h4-5,9,11,14H,3,6-8,10,18H2. The molecule has 2 unspecified atom stereocenters. The number of halogens is 1. The van der Waals surface area contributed by atoms with Crippen molar-refractivity contribution in [2.75, 3.05) is 13.1 Å². The number of carbonyl (C=O) groups excluding carboxylic acids is 1. The number of nitrogens with two attached hydrogens (primary N) is 1. The number of hydrogen-bond acceptors (Lipinski definition) is 2. The first-order chi connectivity index (χ1) is 9.69. The highest BCUT2D eigenvalue weighted by Gasteiger charge is 2.40. The average molecular weight is 272 g/mol. The Morgan fingerprint density at radius 2 is 2.30 bits per heavy atom. The van der Waals surface area contributed by atoms with E-state index in [1.807, 2.05) is 4.90 Å². The van der Waals surface area contributed by atoms with E-state index in [2.05, 4.69) is 11.8 Å². The lowest BCUT2D eigenvalue weighted by atomic mass is 10.1. The molecule has 1 saturated heterocycles. The van der Waals surface area contributed by atoms with Crippen LogP contribution in [-0.2, 0) is 0 Å². The van der Waals surface area contributed by atoms with Gasteiger partial charge in [0.25, 0.3) is 5.91 Å². The highest BCUT2D eigenvalue weighted by molar-refractivity contribution is 5.94. The van der Waals surface area contributed by atoms with Crippen LogP contribution >= 0.6 is 0 Å². The number of benzene rings is 1. The van der Waals surface area contributed by atoms with E-state index >= 15 is 0 Å². The van der Waals surface area contributed by atoms with Crippen molar-refractivity contribution in [2.45, 2.75) is 25.3 Å². The van der Waals surface area contributed by atoms with E-state index in [0.29, 0.717) is 17.5 Å². The van der Waals surface area contributed by atoms with E-state index in [-0.39, 0.29) is 18.0 Å². The first kappa shape index (κ1) is 13.1. The van der Waals surface area contributed by atoms with Crippen LogP contribution in [0.15, 0.2) is 18.2 Å². The molecule has 0 spiro atoms. The van der Waals surface area contributed by atoms with Crippen LogP contribution in [0.1, 0.15) is 35.2 Å². The lowest BCUT2D eigenvalue weighted by Gasteiger charge is -2.27. The Hall–Kier alpha value is -1.86. The van der Waals surface area contributed by atoms with Crippen molar-refractivity contribution in [1.82, 2.24) is 4.90 Å². The lowest BCUT2D eigenvalue weighted by molar-refractivity contribution is 0.0703. The summed E-state index contributed by atoms with van der Waals surface area (Å²) in [5.74, 6) is 5.40. The first-order valence-electron chi connectivity index (χ1n) is 6.98. The minimum Gasteiger partial charge on any atom is -0.335 e. The SMILES string of the molecule is NCC#Cc1ccc(C(=O)N2CC3CCC2C3)cc1F. The predicted molar refractivity (Wildman–Crippen MR) is 74.5 cm³/mol. The van der Waals surface area contributed by atoms with Crippen molar-refractivity contribution in [1.29, 1.82) is 0 Å². The van der Waals surface area contributed by atoms with Crippen LogP contribution in [0.4, 0.5) is 4.39 Å². The Morgan fingerprint density at radius 3 is 2.90 bits per heavy atom. The fourth-order valence-electron chi connectivity index (χ4n) is 3.24. The fraction of sp³-hybridized carbons (Fsp3) is 0.438. The van der Waals surface area contributed by atoms with Gasteiger partial charge >= 0.3 is 0 Å². The number of fused-ring (bicyclic) bond motifs is 2. The van der Waals surface area contributed by atoms with E-state index in [4.69, 9.17) is 5.73 Å². The van der Waals surface area contributed by atoms with Crippen molar-refractivity contribution < 1.29 is 9.18 Å². The highest BCUT2D eigenvalue weighted by atomic mass is 19.1. The molecular formula is C16H17FN2O. The molecule has 2 atom stereocenters. The molecule has 1 amide bonds. The number of likely N-dealkylation sites (tertiary alicyclic amines) is 1. The van der Waals surface area contributed by atoms with E-state index in [1.165, 1.54) is 12.5 Å². The van der Waals surface area contributed by atoms with Crippen LogP contribution in [0.2, 0.25) is 0 Å². The molecule has 3 nitrogen and oxygen atoms in total. The molecule has 0 radical (unpaired) electrons. The van der Waals surface area contributed by atoms with E-state index in [1.54, 1.807) is 12.1 Å². The zero-order valence-corrected chi connectivity index (χ0v) is 11.2. The Balaban J connectivity index is 1.80. The smallest absolute Gasteiger partial charge is 0.254 e. The van der Waals surface area contributed by atoms with Crippen molar-refractivity contribution >= 4 is 5.91 Å². The highest BCUT2D eigenvalue weighted by Crippen LogP contribution is 2.38. The Kier molecular flexibility index (Phi) is 3.45. The van der Waals surface area contributed by atoms with Crippen LogP contribution in [0.25, 0.3) is 0 Å². The molecule has 3 rings (SSSR count). The maximum atomic E-state index is 13.9. The molecule has 2 N–H and O–H groups in total. The number of carbonyl (C=O) groups is 1. The summed E-state index contributed by atoms with van der Waals surface area (Å²) < 4.78 is 13.9. The molecule has 1 aromatic rings. The Labute approximate surface area is 117 Å². The normalized spacial score (nSPS) is 23.6. The number of piperidine rings is 1. The summed E-state index contributed by atoms with van der Waals surface area (Å²) in [7, 11) is 0. The van der Waals surface area contributed by atoms with Gasteiger partial charge in [0.2, 0.25) is 0 Å². The average Bonchev–Trinajstić information content (AvgIpc) is 3.08. The molecule has 2 aliphatic rings. The third-order valence-corrected chi connectivity index (χ3v) is 4.21. The summed E-state index contributed by atoms with van der Waals surface area (Å²) in [4.78, 5) is 14.3. The molecule has 2 bridgehead atoms. The van der Waals surface area contributed by atoms with Gasteiger partial charge in [-0.25, -0.2) is 4.39 Å². The molecule has 1 aliphatic carbocycles. The van der Waals surface area contributed by atoms with Gasteiger partial charge in [-0.3, -0.25) is 4.79 Å². The summed E-state index contributed by atoms with van der Waals surface area (Å²) in [6.45, 7) is 1.01. The summed E-state index contributed by atoms with van der Waals surface area (Å²) in [5, 5.41) is 0. The first-order valence-corrected chi connectivity index (χ1v) is 6.98. The molecule has 1 aliphatic heterocycles. The van der Waals surface area contributed by atoms with Crippen LogP contribution in [-0.4, -0.2) is 29.9 Å². The third kappa shape index (κ3) is 2.30. The van der Waals surface area contributed by atoms with Gasteiger partial charge in [-0.2, -0.15) is 0 Å². The number of amides is 1. The van der Waals surface area contributed by atoms with Crippen molar-refractivity contribution in [3.05, 3.63) is 35.1 Å². The van der Waals surface area contributed by atoms with E-state index < -0.39 is 5.82 Å². The Morgan fingerprint density at radius 1 is 1.45 bits per heavy atom. The van der Waals surface area contributed by atoms with Gasteiger partial charge in [-0.15, -0.1) is 0 Å². The largest absolute Gasteiger partial charge is 0.335 e. The Bertz CT molecular complexity index is 602. The summed E-state index contributed by atoms with van der Waals surface area (Å²) in [6, 6.07) is 4.85. The van der Waals surface area contributed by atoms with Crippen LogP contribution in [0.5, 0.6) is 0 Å². The van der Waals surface area contributed by atoms with Crippen molar-refractivity contribution in [3.63, 3.8) is 0 Å². The second-order valence-electron chi connectivity index (χ2n) is 5.49. The summed E-state index contributed by atoms with van der Waals surface area (Å²) >= 11 is 0. The van der Waals surface area contributed by atoms with Gasteiger partial charge < -0.3 is 10.6 Å². The zero-order valence-electron chi connectivity index (χ0n) is 11.2. The summed E-state index contributed by atoms with van der Waals surface area (Å²) in [6.07, 6.45) is 3.41. The molecule has 4 heteroatoms. The molecule has 20 heavy (non-hydrogen) atoms. The van der Waals surface area contributed by atoms with Gasteiger partial charge in [0, 0.05) is 18.2 Å². The molecular weight excluding hydrogens is 255 g/mol. The molecule has 1 saturated carbocycles. The molecule has 0 aromatic heterocycles. The van der Waals surface area contributed by atoms with Gasteiger partial charge in [0.05, 0.1) is 12.1 Å². The molecule has 104 valence electrons. The zero-order chi connectivity index (χ0) is 14.1. The second-order valence-corrected chi connectivity index (χ2v) is 5.49. The van der Waals surface area contributed by atoms with E-state index in [9.17, 15) is 9.18 Å². The van der Waals surface area contributed by atoms with Gasteiger partial charge in [0.15, 0.2) is 0 Å². The number of nitrogens with zero attached hydrogens (tertiary/aromatic N) is 1. The van der Waals surface area contributed by atoms with Gasteiger partial charge in [0.1, 0.15) is 5.82 Å². The predicted octanol–water partition coefficient (Wildman–Crippen LogP) is 1.76. The quantitative estimate of drug-likeness (QED) is 0.792. The lowest BCUT2D eigenvalue weighted by Crippen LogP contribution is -2.37. The molecule has 1 heterocycles. The maximum Gasteiger partial charge on any atom is 0.254 e. The fourth-order valence-corrected chi connectivity index (χ4v) is 3.24. The van der Waals surface area contributed by atoms with Crippen LogP contribution < -0.4 is 5.73 Å². The van der Waals surface area contributed by atoms with Gasteiger partial charge in [-0.1, -0.05) is 11.8 Å². The molecule has 1 aromatic carbocycles. The maximum absolute atomic E-state index is 13.9. The second kappa shape index (κ2) is 5.26. The number of hydrogen-bond donors (Lipinski definition) is 1. The number of rotatable bonds is 1. The summed E-state index contributed by atoms with van der Waals surface area (Å²) in [5.41, 5.74) is 5.96.